The van der Waals surface area contributed by atoms with E-state index in [1.807, 2.05) is 52.0 Å². The molecule has 1 saturated heterocycles. The van der Waals surface area contributed by atoms with Crippen molar-refractivity contribution >= 4 is 29.0 Å². The number of aryl methyl sites for hydroxylation is 1. The first-order valence-electron chi connectivity index (χ1n) is 7.76. The molecular weight excluding hydrogens is 322 g/mol. The lowest BCUT2D eigenvalue weighted by Gasteiger charge is -2.16. The predicted molar refractivity (Wildman–Crippen MR) is 96.0 cm³/mol. The van der Waals surface area contributed by atoms with Crippen LogP contribution in [0.5, 0.6) is 0 Å². The summed E-state index contributed by atoms with van der Waals surface area (Å²) in [5.41, 5.74) is 3.97. The summed E-state index contributed by atoms with van der Waals surface area (Å²) in [7, 11) is 0. The Balaban J connectivity index is 2.01. The Bertz CT molecular complexity index is 837. The Kier molecular flexibility index (Phi) is 4.32. The summed E-state index contributed by atoms with van der Waals surface area (Å²) in [6.07, 6.45) is 5.35. The van der Waals surface area contributed by atoms with Gasteiger partial charge < -0.3 is 4.57 Å². The summed E-state index contributed by atoms with van der Waals surface area (Å²) in [6, 6.07) is 5.77. The first-order valence-corrected chi connectivity index (χ1v) is 8.58. The highest BCUT2D eigenvalue weighted by Crippen LogP contribution is 2.34. The van der Waals surface area contributed by atoms with Crippen molar-refractivity contribution in [2.75, 3.05) is 0 Å². The van der Waals surface area contributed by atoms with Gasteiger partial charge in [0, 0.05) is 23.6 Å². The van der Waals surface area contributed by atoms with Gasteiger partial charge in [0.2, 0.25) is 0 Å². The molecule has 0 aromatic carbocycles. The molecule has 2 aromatic rings. The van der Waals surface area contributed by atoms with Gasteiger partial charge in [0.15, 0.2) is 0 Å². The third-order valence-corrected chi connectivity index (χ3v) is 4.88. The number of hydrogen-bond acceptors (Lipinski definition) is 4. The number of carbonyl (C=O) groups excluding carboxylic acids is 2. The van der Waals surface area contributed by atoms with Gasteiger partial charge in [-0.1, -0.05) is 0 Å². The first-order chi connectivity index (χ1) is 11.4. The molecule has 0 aliphatic carbocycles. The molecule has 0 spiro atoms. The summed E-state index contributed by atoms with van der Waals surface area (Å²) >= 11 is 1.00. The van der Waals surface area contributed by atoms with Crippen molar-refractivity contribution in [2.45, 2.75) is 33.7 Å². The standard InChI is InChI=1S/C18H19N3O2S/c1-11(2)20-17(22)16(24-18(20)23)9-14-8-12(3)21(13(14)4)15-6-5-7-19-10-15/h5-11H,1-4H3/b16-9-. The normalized spacial score (nSPS) is 16.7. The molecule has 0 bridgehead atoms. The Labute approximate surface area is 145 Å². The second kappa shape index (κ2) is 6.28. The molecule has 1 fully saturated rings. The number of rotatable bonds is 3. The summed E-state index contributed by atoms with van der Waals surface area (Å²) < 4.78 is 2.09. The van der Waals surface area contributed by atoms with Gasteiger partial charge in [0.05, 0.1) is 16.8 Å². The predicted octanol–water partition coefficient (Wildman–Crippen LogP) is 3.93. The molecule has 6 heteroatoms. The molecule has 1 aliphatic heterocycles. The smallest absolute Gasteiger partial charge is 0.293 e. The molecule has 24 heavy (non-hydrogen) atoms. The number of pyridine rings is 1. The van der Waals surface area contributed by atoms with Crippen LogP contribution >= 0.6 is 11.8 Å². The molecule has 2 amide bonds. The number of carbonyl (C=O) groups is 2. The minimum absolute atomic E-state index is 0.133. The second-order valence-electron chi connectivity index (χ2n) is 6.02. The number of amides is 2. The van der Waals surface area contributed by atoms with E-state index in [2.05, 4.69) is 9.55 Å². The Morgan fingerprint density at radius 2 is 2.00 bits per heavy atom. The highest BCUT2D eigenvalue weighted by Gasteiger charge is 2.36. The molecule has 0 N–H and O–H groups in total. The van der Waals surface area contributed by atoms with E-state index in [0.29, 0.717) is 4.91 Å². The summed E-state index contributed by atoms with van der Waals surface area (Å²) in [5, 5.41) is -0.206. The van der Waals surface area contributed by atoms with Crippen molar-refractivity contribution in [1.29, 1.82) is 0 Å². The van der Waals surface area contributed by atoms with Crippen LogP contribution in [0.15, 0.2) is 35.5 Å². The molecule has 1 aliphatic rings. The average Bonchev–Trinajstić information content (AvgIpc) is 2.96. The van der Waals surface area contributed by atoms with Gasteiger partial charge in [0.25, 0.3) is 11.1 Å². The van der Waals surface area contributed by atoms with Crippen molar-refractivity contribution in [3.63, 3.8) is 0 Å². The molecule has 0 radical (unpaired) electrons. The van der Waals surface area contributed by atoms with E-state index in [0.717, 1.165) is 34.4 Å². The molecular formula is C18H19N3O2S. The van der Waals surface area contributed by atoms with Gasteiger partial charge in [-0.3, -0.25) is 19.5 Å². The number of hydrogen-bond donors (Lipinski definition) is 0. The maximum Gasteiger partial charge on any atom is 0.293 e. The van der Waals surface area contributed by atoms with E-state index in [1.165, 1.54) is 4.90 Å². The summed E-state index contributed by atoms with van der Waals surface area (Å²) in [4.78, 5) is 30.4. The van der Waals surface area contributed by atoms with Gasteiger partial charge in [0.1, 0.15) is 0 Å². The fraction of sp³-hybridized carbons (Fsp3) is 0.278. The summed E-state index contributed by atoms with van der Waals surface area (Å²) in [5.74, 6) is -0.216. The zero-order valence-corrected chi connectivity index (χ0v) is 14.9. The quantitative estimate of drug-likeness (QED) is 0.794. The van der Waals surface area contributed by atoms with E-state index in [9.17, 15) is 9.59 Å². The third kappa shape index (κ3) is 2.78. The highest BCUT2D eigenvalue weighted by atomic mass is 32.2. The van der Waals surface area contributed by atoms with Crippen LogP contribution in [0, 0.1) is 13.8 Å². The van der Waals surface area contributed by atoms with E-state index in [1.54, 1.807) is 12.4 Å². The van der Waals surface area contributed by atoms with E-state index in [-0.39, 0.29) is 17.2 Å². The molecule has 0 atom stereocenters. The number of thioether (sulfide) groups is 1. The molecule has 3 heterocycles. The van der Waals surface area contributed by atoms with Gasteiger partial charge in [-0.25, -0.2) is 0 Å². The molecule has 2 aromatic heterocycles. The minimum atomic E-state index is -0.216. The lowest BCUT2D eigenvalue weighted by molar-refractivity contribution is -0.123. The largest absolute Gasteiger partial charge is 0.316 e. The SMILES string of the molecule is Cc1cc(/C=C2\SC(=O)N(C(C)C)C2=O)c(C)n1-c1cccnc1. The minimum Gasteiger partial charge on any atom is -0.316 e. The van der Waals surface area contributed by atoms with Crippen LogP contribution in [-0.4, -0.2) is 31.6 Å². The van der Waals surface area contributed by atoms with Crippen LogP contribution in [0.2, 0.25) is 0 Å². The average molecular weight is 341 g/mol. The molecule has 124 valence electrons. The Morgan fingerprint density at radius 1 is 1.25 bits per heavy atom. The highest BCUT2D eigenvalue weighted by molar-refractivity contribution is 8.18. The van der Waals surface area contributed by atoms with Gasteiger partial charge in [-0.2, -0.15) is 0 Å². The van der Waals surface area contributed by atoms with Crippen molar-refractivity contribution in [2.24, 2.45) is 0 Å². The lowest BCUT2D eigenvalue weighted by atomic mass is 10.2. The van der Waals surface area contributed by atoms with Gasteiger partial charge >= 0.3 is 0 Å². The Morgan fingerprint density at radius 3 is 2.58 bits per heavy atom. The van der Waals surface area contributed by atoms with Gasteiger partial charge in [-0.05, 0) is 69.3 Å². The van der Waals surface area contributed by atoms with Crippen LogP contribution in [-0.2, 0) is 4.79 Å². The fourth-order valence-electron chi connectivity index (χ4n) is 2.88. The van der Waals surface area contributed by atoms with Crippen molar-refractivity contribution in [1.82, 2.24) is 14.5 Å². The lowest BCUT2D eigenvalue weighted by Crippen LogP contribution is -2.34. The maximum atomic E-state index is 12.4. The van der Waals surface area contributed by atoms with Crippen LogP contribution in [0.25, 0.3) is 11.8 Å². The fourth-order valence-corrected chi connectivity index (χ4v) is 3.84. The monoisotopic (exact) mass is 341 g/mol. The zero-order valence-electron chi connectivity index (χ0n) is 14.1. The molecule has 0 saturated carbocycles. The zero-order chi connectivity index (χ0) is 17.4. The second-order valence-corrected chi connectivity index (χ2v) is 7.01. The summed E-state index contributed by atoms with van der Waals surface area (Å²) in [6.45, 7) is 7.69. The van der Waals surface area contributed by atoms with Crippen LogP contribution in [0.1, 0.15) is 30.8 Å². The van der Waals surface area contributed by atoms with Crippen molar-refractivity contribution in [3.05, 3.63) is 52.4 Å². The van der Waals surface area contributed by atoms with Crippen LogP contribution < -0.4 is 0 Å². The van der Waals surface area contributed by atoms with Gasteiger partial charge in [-0.15, -0.1) is 0 Å². The van der Waals surface area contributed by atoms with Crippen molar-refractivity contribution < 1.29 is 9.59 Å². The maximum absolute atomic E-state index is 12.4. The molecule has 0 unspecified atom stereocenters. The Hall–Kier alpha value is -2.34. The third-order valence-electron chi connectivity index (χ3n) is 4.00. The topological polar surface area (TPSA) is 55.2 Å². The molecule has 3 rings (SSSR count). The molecule has 5 nitrogen and oxygen atoms in total. The van der Waals surface area contributed by atoms with Crippen LogP contribution in [0.3, 0.4) is 0 Å². The number of aromatic nitrogens is 2. The van der Waals surface area contributed by atoms with Crippen LogP contribution in [0.4, 0.5) is 4.79 Å². The number of imide groups is 1. The van der Waals surface area contributed by atoms with E-state index < -0.39 is 0 Å². The van der Waals surface area contributed by atoms with E-state index >= 15 is 0 Å². The first kappa shape index (κ1) is 16.5. The number of nitrogens with zero attached hydrogens (tertiary/aromatic N) is 3. The van der Waals surface area contributed by atoms with E-state index in [4.69, 9.17) is 0 Å². The van der Waals surface area contributed by atoms with Crippen molar-refractivity contribution in [3.8, 4) is 5.69 Å².